The van der Waals surface area contributed by atoms with Gasteiger partial charge in [0.2, 0.25) is 5.91 Å². The monoisotopic (exact) mass is 246 g/mol. The predicted octanol–water partition coefficient (Wildman–Crippen LogP) is 1.86. The van der Waals surface area contributed by atoms with Crippen LogP contribution in [0.5, 0.6) is 0 Å². The number of primary amides is 1. The predicted molar refractivity (Wildman–Crippen MR) is 73.1 cm³/mol. The number of rotatable bonds is 5. The lowest BCUT2D eigenvalue weighted by molar-refractivity contribution is -0.117. The SMILES string of the molecule is NC(=O)CN[C@@H]1CCCC[C@H]1Cc1ccccc1. The Kier molecular flexibility index (Phi) is 4.76. The number of amides is 1. The number of hydrogen-bond donors (Lipinski definition) is 2. The Labute approximate surface area is 109 Å². The number of carbonyl (C=O) groups is 1. The Morgan fingerprint density at radius 2 is 1.94 bits per heavy atom. The molecule has 0 spiro atoms. The Balaban J connectivity index is 1.93. The standard InChI is InChI=1S/C15H22N2O/c16-15(18)11-17-14-9-5-4-8-13(14)10-12-6-2-1-3-7-12/h1-3,6-7,13-14,17H,4-5,8-11H2,(H2,16,18)/t13-,14+/m0/s1. The van der Waals surface area contributed by atoms with Crippen LogP contribution >= 0.6 is 0 Å². The van der Waals surface area contributed by atoms with Gasteiger partial charge in [-0.15, -0.1) is 0 Å². The molecule has 0 unspecified atom stereocenters. The van der Waals surface area contributed by atoms with Crippen LogP contribution < -0.4 is 11.1 Å². The molecule has 2 atom stereocenters. The van der Waals surface area contributed by atoms with Crippen molar-refractivity contribution in [3.05, 3.63) is 35.9 Å². The Morgan fingerprint density at radius 3 is 2.67 bits per heavy atom. The van der Waals surface area contributed by atoms with E-state index in [1.54, 1.807) is 0 Å². The average molecular weight is 246 g/mol. The summed E-state index contributed by atoms with van der Waals surface area (Å²) < 4.78 is 0. The molecule has 0 aliphatic heterocycles. The number of nitrogens with one attached hydrogen (secondary N) is 1. The van der Waals surface area contributed by atoms with E-state index in [9.17, 15) is 4.79 Å². The highest BCUT2D eigenvalue weighted by Gasteiger charge is 2.24. The molecule has 1 aromatic rings. The van der Waals surface area contributed by atoms with Crippen LogP contribution in [0.25, 0.3) is 0 Å². The molecule has 1 aliphatic carbocycles. The van der Waals surface area contributed by atoms with Gasteiger partial charge >= 0.3 is 0 Å². The quantitative estimate of drug-likeness (QED) is 0.833. The second-order valence-electron chi connectivity index (χ2n) is 5.19. The minimum atomic E-state index is -0.265. The summed E-state index contributed by atoms with van der Waals surface area (Å²) in [6.45, 7) is 0.302. The second-order valence-corrected chi connectivity index (χ2v) is 5.19. The van der Waals surface area contributed by atoms with E-state index in [1.807, 2.05) is 6.07 Å². The minimum Gasteiger partial charge on any atom is -0.369 e. The summed E-state index contributed by atoms with van der Waals surface area (Å²) in [5.74, 6) is 0.361. The van der Waals surface area contributed by atoms with Crippen LogP contribution in [0, 0.1) is 5.92 Å². The Hall–Kier alpha value is -1.35. The molecule has 1 saturated carbocycles. The third kappa shape index (κ3) is 3.84. The fourth-order valence-electron chi connectivity index (χ4n) is 2.87. The van der Waals surface area contributed by atoms with Gasteiger partial charge in [-0.05, 0) is 30.7 Å². The highest BCUT2D eigenvalue weighted by atomic mass is 16.1. The summed E-state index contributed by atoms with van der Waals surface area (Å²) in [4.78, 5) is 10.9. The maximum Gasteiger partial charge on any atom is 0.231 e. The summed E-state index contributed by atoms with van der Waals surface area (Å²) in [5.41, 5.74) is 6.59. The maximum atomic E-state index is 10.9. The van der Waals surface area contributed by atoms with Crippen molar-refractivity contribution in [2.75, 3.05) is 6.54 Å². The van der Waals surface area contributed by atoms with Crippen LogP contribution in [0.4, 0.5) is 0 Å². The van der Waals surface area contributed by atoms with Crippen molar-refractivity contribution < 1.29 is 4.79 Å². The molecule has 0 saturated heterocycles. The van der Waals surface area contributed by atoms with Crippen molar-refractivity contribution in [1.29, 1.82) is 0 Å². The molecule has 2 rings (SSSR count). The molecular formula is C15H22N2O. The Morgan fingerprint density at radius 1 is 1.22 bits per heavy atom. The first-order chi connectivity index (χ1) is 8.75. The summed E-state index contributed by atoms with van der Waals surface area (Å²) in [6.07, 6.45) is 6.04. The van der Waals surface area contributed by atoms with E-state index >= 15 is 0 Å². The van der Waals surface area contributed by atoms with E-state index in [0.717, 1.165) is 12.8 Å². The molecule has 1 aliphatic rings. The molecule has 1 amide bonds. The van der Waals surface area contributed by atoms with Crippen LogP contribution in [-0.4, -0.2) is 18.5 Å². The van der Waals surface area contributed by atoms with Gasteiger partial charge in [-0.1, -0.05) is 43.2 Å². The van der Waals surface area contributed by atoms with Crippen molar-refractivity contribution in [1.82, 2.24) is 5.32 Å². The summed E-state index contributed by atoms with van der Waals surface area (Å²) in [7, 11) is 0. The van der Waals surface area contributed by atoms with Gasteiger partial charge in [0.05, 0.1) is 6.54 Å². The van der Waals surface area contributed by atoms with Crippen LogP contribution in [0.3, 0.4) is 0 Å². The third-order valence-corrected chi connectivity index (χ3v) is 3.79. The average Bonchev–Trinajstić information content (AvgIpc) is 2.39. The van der Waals surface area contributed by atoms with Gasteiger partial charge < -0.3 is 11.1 Å². The molecule has 98 valence electrons. The zero-order valence-electron chi connectivity index (χ0n) is 10.8. The molecular weight excluding hydrogens is 224 g/mol. The van der Waals surface area contributed by atoms with Gasteiger partial charge in [0.25, 0.3) is 0 Å². The van der Waals surface area contributed by atoms with Gasteiger partial charge in [0.1, 0.15) is 0 Å². The maximum absolute atomic E-state index is 10.9. The van der Waals surface area contributed by atoms with Gasteiger partial charge in [-0.25, -0.2) is 0 Å². The van der Waals surface area contributed by atoms with Crippen molar-refractivity contribution >= 4 is 5.91 Å². The highest BCUT2D eigenvalue weighted by molar-refractivity contribution is 5.75. The van der Waals surface area contributed by atoms with Crippen molar-refractivity contribution in [2.45, 2.75) is 38.1 Å². The first-order valence-electron chi connectivity index (χ1n) is 6.81. The largest absolute Gasteiger partial charge is 0.369 e. The number of nitrogens with two attached hydrogens (primary N) is 1. The lowest BCUT2D eigenvalue weighted by Crippen LogP contribution is -2.43. The van der Waals surface area contributed by atoms with Gasteiger partial charge in [-0.3, -0.25) is 4.79 Å². The van der Waals surface area contributed by atoms with Crippen molar-refractivity contribution in [2.24, 2.45) is 11.7 Å². The molecule has 0 aromatic heterocycles. The van der Waals surface area contributed by atoms with Crippen LogP contribution in [0.2, 0.25) is 0 Å². The molecule has 1 fully saturated rings. The number of carbonyl (C=O) groups excluding carboxylic acids is 1. The van der Waals surface area contributed by atoms with Gasteiger partial charge in [0.15, 0.2) is 0 Å². The van der Waals surface area contributed by atoms with Gasteiger partial charge in [0, 0.05) is 6.04 Å². The van der Waals surface area contributed by atoms with E-state index in [-0.39, 0.29) is 5.91 Å². The summed E-state index contributed by atoms with van der Waals surface area (Å²) in [6, 6.07) is 11.0. The topological polar surface area (TPSA) is 55.1 Å². The first-order valence-corrected chi connectivity index (χ1v) is 6.81. The van der Waals surface area contributed by atoms with Crippen LogP contribution in [0.15, 0.2) is 30.3 Å². The second kappa shape index (κ2) is 6.55. The van der Waals surface area contributed by atoms with E-state index in [1.165, 1.54) is 24.8 Å². The van der Waals surface area contributed by atoms with E-state index < -0.39 is 0 Å². The summed E-state index contributed by atoms with van der Waals surface area (Å²) in [5, 5.41) is 3.32. The van der Waals surface area contributed by atoms with Gasteiger partial charge in [-0.2, -0.15) is 0 Å². The smallest absolute Gasteiger partial charge is 0.231 e. The molecule has 3 heteroatoms. The fraction of sp³-hybridized carbons (Fsp3) is 0.533. The van der Waals surface area contributed by atoms with Crippen molar-refractivity contribution in [3.8, 4) is 0 Å². The number of hydrogen-bond acceptors (Lipinski definition) is 2. The molecule has 3 nitrogen and oxygen atoms in total. The van der Waals surface area contributed by atoms with Crippen LogP contribution in [-0.2, 0) is 11.2 Å². The molecule has 1 aromatic carbocycles. The lowest BCUT2D eigenvalue weighted by Gasteiger charge is -2.32. The van der Waals surface area contributed by atoms with Crippen molar-refractivity contribution in [3.63, 3.8) is 0 Å². The van der Waals surface area contributed by atoms with E-state index in [0.29, 0.717) is 18.5 Å². The fourth-order valence-corrected chi connectivity index (χ4v) is 2.87. The minimum absolute atomic E-state index is 0.265. The zero-order valence-corrected chi connectivity index (χ0v) is 10.8. The lowest BCUT2D eigenvalue weighted by atomic mass is 9.80. The molecule has 0 radical (unpaired) electrons. The summed E-state index contributed by atoms with van der Waals surface area (Å²) >= 11 is 0. The number of benzene rings is 1. The highest BCUT2D eigenvalue weighted by Crippen LogP contribution is 2.27. The molecule has 0 bridgehead atoms. The normalized spacial score (nSPS) is 23.8. The van der Waals surface area contributed by atoms with E-state index in [4.69, 9.17) is 5.73 Å². The molecule has 3 N–H and O–H groups in total. The Bertz CT molecular complexity index is 377. The zero-order chi connectivity index (χ0) is 12.8. The molecule has 0 heterocycles. The molecule has 18 heavy (non-hydrogen) atoms. The first kappa shape index (κ1) is 13.1. The van der Waals surface area contributed by atoms with E-state index in [2.05, 4.69) is 29.6 Å². The van der Waals surface area contributed by atoms with Crippen LogP contribution in [0.1, 0.15) is 31.2 Å². The third-order valence-electron chi connectivity index (χ3n) is 3.79.